The molecule has 4 aliphatic carbocycles. The SMILES string of the molecule is CCOC[C@@]1(O)CC[C@H]2[C@@H](CC[C@@H]3[C@@H]2CC[C@]2(C)[C@@H](C(=O)Cn4nnc(C)n4)CC[C@@H]32)C1. The molecule has 0 aliphatic heterocycles. The van der Waals surface area contributed by atoms with Crippen LogP contribution in [0.1, 0.15) is 77.5 Å². The highest BCUT2D eigenvalue weighted by atomic mass is 16.5. The van der Waals surface area contributed by atoms with Crippen molar-refractivity contribution in [1.82, 2.24) is 20.2 Å². The minimum absolute atomic E-state index is 0.116. The predicted octanol–water partition coefficient (Wildman–Crippen LogP) is 3.59. The maximum Gasteiger partial charge on any atom is 0.171 e. The predicted molar refractivity (Wildman–Crippen MR) is 120 cm³/mol. The molecule has 4 fully saturated rings. The van der Waals surface area contributed by atoms with Gasteiger partial charge in [0, 0.05) is 12.5 Å². The van der Waals surface area contributed by atoms with Crippen molar-refractivity contribution in [3.8, 4) is 0 Å². The van der Waals surface area contributed by atoms with Crippen LogP contribution in [0.5, 0.6) is 0 Å². The highest BCUT2D eigenvalue weighted by molar-refractivity contribution is 5.81. The van der Waals surface area contributed by atoms with Gasteiger partial charge in [-0.15, -0.1) is 10.2 Å². The van der Waals surface area contributed by atoms with Gasteiger partial charge in [0.2, 0.25) is 0 Å². The van der Waals surface area contributed by atoms with Gasteiger partial charge in [-0.2, -0.15) is 4.80 Å². The first-order chi connectivity index (χ1) is 15.3. The number of carbonyl (C=O) groups excluding carboxylic acids is 1. The van der Waals surface area contributed by atoms with E-state index in [1.54, 1.807) is 6.92 Å². The Morgan fingerprint density at radius 2 is 1.94 bits per heavy atom. The quantitative estimate of drug-likeness (QED) is 0.721. The minimum Gasteiger partial charge on any atom is -0.387 e. The molecule has 1 N–H and O–H groups in total. The molecule has 4 aliphatic rings. The molecular weight excluding hydrogens is 404 g/mol. The van der Waals surface area contributed by atoms with Gasteiger partial charge in [0.25, 0.3) is 0 Å². The lowest BCUT2D eigenvalue weighted by molar-refractivity contribution is -0.138. The molecule has 0 aromatic carbocycles. The number of fused-ring (bicyclic) bond motifs is 5. The molecule has 178 valence electrons. The van der Waals surface area contributed by atoms with Crippen LogP contribution < -0.4 is 0 Å². The number of tetrazole rings is 1. The number of hydrogen-bond donors (Lipinski definition) is 1. The molecule has 0 unspecified atom stereocenters. The number of aliphatic hydroxyl groups is 1. The van der Waals surface area contributed by atoms with Gasteiger partial charge in [0.15, 0.2) is 11.6 Å². The Labute approximate surface area is 191 Å². The highest BCUT2D eigenvalue weighted by Gasteiger charge is 2.59. The first-order valence-electron chi connectivity index (χ1n) is 12.9. The summed E-state index contributed by atoms with van der Waals surface area (Å²) in [5.41, 5.74) is -0.503. The Bertz CT molecular complexity index is 843. The maximum absolute atomic E-state index is 13.3. The first kappa shape index (κ1) is 22.5. The van der Waals surface area contributed by atoms with E-state index < -0.39 is 5.60 Å². The van der Waals surface area contributed by atoms with Crippen molar-refractivity contribution in [3.05, 3.63) is 5.82 Å². The van der Waals surface area contributed by atoms with Crippen molar-refractivity contribution in [2.75, 3.05) is 13.2 Å². The fourth-order valence-corrected chi connectivity index (χ4v) is 8.55. The number of rotatable bonds is 6. The van der Waals surface area contributed by atoms with Crippen LogP contribution in [0.3, 0.4) is 0 Å². The van der Waals surface area contributed by atoms with Gasteiger partial charge in [-0.1, -0.05) is 6.92 Å². The van der Waals surface area contributed by atoms with Crippen molar-refractivity contribution in [1.29, 1.82) is 0 Å². The van der Waals surface area contributed by atoms with Gasteiger partial charge in [0.05, 0.1) is 12.2 Å². The second-order valence-electron chi connectivity index (χ2n) is 11.5. The Morgan fingerprint density at radius 3 is 2.69 bits per heavy atom. The molecular formula is C25H40N4O3. The lowest BCUT2D eigenvalue weighted by Crippen LogP contribution is -2.52. The Hall–Kier alpha value is -1.34. The summed E-state index contributed by atoms with van der Waals surface area (Å²) >= 11 is 0. The fourth-order valence-electron chi connectivity index (χ4n) is 8.55. The number of carbonyl (C=O) groups is 1. The summed E-state index contributed by atoms with van der Waals surface area (Å²) in [5, 5.41) is 23.2. The molecule has 1 aromatic heterocycles. The minimum atomic E-state index is -0.619. The summed E-state index contributed by atoms with van der Waals surface area (Å²) in [7, 11) is 0. The van der Waals surface area contributed by atoms with Crippen LogP contribution in [0.25, 0.3) is 0 Å². The van der Waals surface area contributed by atoms with E-state index in [2.05, 4.69) is 22.3 Å². The highest BCUT2D eigenvalue weighted by Crippen LogP contribution is 2.64. The molecule has 32 heavy (non-hydrogen) atoms. The van der Waals surface area contributed by atoms with Crippen LogP contribution in [-0.2, 0) is 16.1 Å². The summed E-state index contributed by atoms with van der Waals surface area (Å²) in [6.07, 6.45) is 10.0. The van der Waals surface area contributed by atoms with E-state index in [1.807, 2.05) is 6.92 Å². The summed E-state index contributed by atoms with van der Waals surface area (Å²) in [6, 6.07) is 0. The standard InChI is InChI=1S/C25H40N4O3/c1-4-32-15-25(31)12-10-18-17(13-25)5-6-20-19(18)9-11-24(3)21(20)7-8-22(24)23(30)14-29-27-16(2)26-28-29/h17-22,31H,4-15H2,1-3H3/t17-,18-,19+,20+,21-,22+,24-,25+/m0/s1. The average Bonchev–Trinajstić information content (AvgIpc) is 3.34. The Kier molecular flexibility index (Phi) is 5.94. The van der Waals surface area contributed by atoms with Crippen LogP contribution in [0.4, 0.5) is 0 Å². The van der Waals surface area contributed by atoms with E-state index in [4.69, 9.17) is 4.74 Å². The first-order valence-corrected chi connectivity index (χ1v) is 12.9. The molecule has 0 spiro atoms. The molecule has 1 heterocycles. The van der Waals surface area contributed by atoms with Crippen LogP contribution in [0, 0.1) is 47.8 Å². The fraction of sp³-hybridized carbons (Fsp3) is 0.920. The van der Waals surface area contributed by atoms with Crippen molar-refractivity contribution in [2.45, 2.75) is 90.7 Å². The zero-order chi connectivity index (χ0) is 22.5. The van der Waals surface area contributed by atoms with Crippen LogP contribution in [0.15, 0.2) is 0 Å². The van der Waals surface area contributed by atoms with Gasteiger partial charge in [-0.3, -0.25) is 4.79 Å². The number of hydrogen-bond acceptors (Lipinski definition) is 6. The second kappa shape index (κ2) is 8.46. The van der Waals surface area contributed by atoms with Crippen LogP contribution in [0.2, 0.25) is 0 Å². The van der Waals surface area contributed by atoms with E-state index in [0.29, 0.717) is 30.9 Å². The number of nitrogens with zero attached hydrogens (tertiary/aromatic N) is 4. The smallest absolute Gasteiger partial charge is 0.171 e. The van der Waals surface area contributed by atoms with Gasteiger partial charge in [0.1, 0.15) is 6.54 Å². The number of aryl methyl sites for hydroxylation is 1. The zero-order valence-electron chi connectivity index (χ0n) is 20.0. The molecule has 4 saturated carbocycles. The molecule has 7 heteroatoms. The second-order valence-corrected chi connectivity index (χ2v) is 11.5. The van der Waals surface area contributed by atoms with Crippen LogP contribution in [-0.4, -0.2) is 49.9 Å². The van der Waals surface area contributed by atoms with E-state index in [1.165, 1.54) is 30.5 Å². The maximum atomic E-state index is 13.3. The third-order valence-corrected chi connectivity index (χ3v) is 9.92. The monoisotopic (exact) mass is 444 g/mol. The normalized spacial score (nSPS) is 43.4. The Balaban J connectivity index is 1.26. The molecule has 0 amide bonds. The lowest BCUT2D eigenvalue weighted by Gasteiger charge is -2.57. The average molecular weight is 445 g/mol. The molecule has 0 bridgehead atoms. The van der Waals surface area contributed by atoms with Crippen molar-refractivity contribution in [3.63, 3.8) is 0 Å². The Morgan fingerprint density at radius 1 is 1.12 bits per heavy atom. The third-order valence-electron chi connectivity index (χ3n) is 9.92. The third kappa shape index (κ3) is 3.83. The van der Waals surface area contributed by atoms with Gasteiger partial charge in [-0.25, -0.2) is 0 Å². The summed E-state index contributed by atoms with van der Waals surface area (Å²) in [5.74, 6) is 4.60. The van der Waals surface area contributed by atoms with E-state index in [-0.39, 0.29) is 23.7 Å². The lowest BCUT2D eigenvalue weighted by atomic mass is 9.49. The number of Topliss-reactive ketones (excluding diaryl/α,β-unsaturated/α-hetero) is 1. The molecule has 8 atom stereocenters. The van der Waals surface area contributed by atoms with Gasteiger partial charge < -0.3 is 9.84 Å². The number of ether oxygens (including phenoxy) is 1. The molecule has 0 radical (unpaired) electrons. The van der Waals surface area contributed by atoms with E-state index in [0.717, 1.165) is 49.9 Å². The molecule has 7 nitrogen and oxygen atoms in total. The number of aromatic nitrogens is 4. The van der Waals surface area contributed by atoms with E-state index in [9.17, 15) is 9.90 Å². The largest absolute Gasteiger partial charge is 0.387 e. The molecule has 1 aromatic rings. The summed E-state index contributed by atoms with van der Waals surface area (Å²) in [6.45, 7) is 7.63. The van der Waals surface area contributed by atoms with Crippen molar-refractivity contribution in [2.24, 2.45) is 40.9 Å². The topological polar surface area (TPSA) is 90.1 Å². The number of ketones is 1. The van der Waals surface area contributed by atoms with Crippen LogP contribution >= 0.6 is 0 Å². The molecule has 5 rings (SSSR count). The van der Waals surface area contributed by atoms with E-state index >= 15 is 0 Å². The zero-order valence-corrected chi connectivity index (χ0v) is 20.0. The summed E-state index contributed by atoms with van der Waals surface area (Å²) in [4.78, 5) is 14.7. The van der Waals surface area contributed by atoms with Crippen molar-refractivity contribution >= 4 is 5.78 Å². The van der Waals surface area contributed by atoms with Gasteiger partial charge in [-0.05, 0) is 112 Å². The van der Waals surface area contributed by atoms with Gasteiger partial charge >= 0.3 is 0 Å². The van der Waals surface area contributed by atoms with Crippen molar-refractivity contribution < 1.29 is 14.6 Å². The molecule has 0 saturated heterocycles. The summed E-state index contributed by atoms with van der Waals surface area (Å²) < 4.78 is 5.61.